The van der Waals surface area contributed by atoms with E-state index in [2.05, 4.69) is 9.97 Å². The Morgan fingerprint density at radius 2 is 2.06 bits per heavy atom. The molecule has 0 radical (unpaired) electrons. The zero-order valence-electron chi connectivity index (χ0n) is 10.9. The molecule has 1 heterocycles. The lowest BCUT2D eigenvalue weighted by molar-refractivity contribution is -0.0571. The molecule has 100 valence electrons. The van der Waals surface area contributed by atoms with E-state index >= 15 is 0 Å². The molecule has 0 saturated heterocycles. The Morgan fingerprint density at radius 1 is 1.44 bits per heavy atom. The molecule has 1 aromatic rings. The van der Waals surface area contributed by atoms with Gasteiger partial charge in [0.1, 0.15) is 17.0 Å². The van der Waals surface area contributed by atoms with E-state index < -0.39 is 11.6 Å². The van der Waals surface area contributed by atoms with Crippen molar-refractivity contribution in [3.05, 3.63) is 17.6 Å². The number of rotatable bonds is 6. The summed E-state index contributed by atoms with van der Waals surface area (Å²) in [6, 6.07) is 0. The van der Waals surface area contributed by atoms with Crippen LogP contribution in [0.2, 0.25) is 0 Å². The van der Waals surface area contributed by atoms with Crippen LogP contribution in [0.3, 0.4) is 0 Å². The minimum atomic E-state index is -1.13. The first-order valence-corrected chi connectivity index (χ1v) is 6.01. The molecule has 0 saturated carbocycles. The molecule has 0 fully saturated rings. The SMILES string of the molecule is CCOC(CC)(CC)c1ncc(C(=O)O)c(N)n1. The summed E-state index contributed by atoms with van der Waals surface area (Å²) in [5.74, 6) is -0.718. The van der Waals surface area contributed by atoms with Crippen LogP contribution in [0.4, 0.5) is 5.82 Å². The second-order valence-corrected chi connectivity index (χ2v) is 3.93. The Kier molecular flexibility index (Phi) is 4.61. The lowest BCUT2D eigenvalue weighted by Gasteiger charge is -2.29. The number of nitrogens with two attached hydrogens (primary N) is 1. The van der Waals surface area contributed by atoms with Crippen LogP contribution >= 0.6 is 0 Å². The molecule has 0 aliphatic carbocycles. The number of ether oxygens (including phenoxy) is 1. The summed E-state index contributed by atoms with van der Waals surface area (Å²) in [5.41, 5.74) is 4.95. The van der Waals surface area contributed by atoms with Gasteiger partial charge in [-0.05, 0) is 19.8 Å². The van der Waals surface area contributed by atoms with Crippen molar-refractivity contribution < 1.29 is 14.6 Å². The van der Waals surface area contributed by atoms with Gasteiger partial charge in [0, 0.05) is 12.8 Å². The predicted molar refractivity (Wildman–Crippen MR) is 67.3 cm³/mol. The molecular weight excluding hydrogens is 234 g/mol. The molecule has 3 N–H and O–H groups in total. The summed E-state index contributed by atoms with van der Waals surface area (Å²) >= 11 is 0. The summed E-state index contributed by atoms with van der Waals surface area (Å²) in [5, 5.41) is 8.89. The maximum absolute atomic E-state index is 10.9. The van der Waals surface area contributed by atoms with Crippen molar-refractivity contribution >= 4 is 11.8 Å². The van der Waals surface area contributed by atoms with Gasteiger partial charge in [-0.2, -0.15) is 0 Å². The van der Waals surface area contributed by atoms with Crippen molar-refractivity contribution in [2.24, 2.45) is 0 Å². The van der Waals surface area contributed by atoms with Crippen LogP contribution in [-0.2, 0) is 10.3 Å². The third-order valence-electron chi connectivity index (χ3n) is 3.02. The number of anilines is 1. The quantitative estimate of drug-likeness (QED) is 0.802. The van der Waals surface area contributed by atoms with E-state index in [0.717, 1.165) is 0 Å². The van der Waals surface area contributed by atoms with Gasteiger partial charge < -0.3 is 15.6 Å². The fourth-order valence-electron chi connectivity index (χ4n) is 1.89. The maximum Gasteiger partial charge on any atom is 0.341 e. The topological polar surface area (TPSA) is 98.3 Å². The van der Waals surface area contributed by atoms with Crippen molar-refractivity contribution in [2.45, 2.75) is 39.2 Å². The van der Waals surface area contributed by atoms with E-state index in [-0.39, 0.29) is 11.4 Å². The van der Waals surface area contributed by atoms with Gasteiger partial charge in [-0.1, -0.05) is 13.8 Å². The highest BCUT2D eigenvalue weighted by atomic mass is 16.5. The van der Waals surface area contributed by atoms with Gasteiger partial charge in [-0.25, -0.2) is 14.8 Å². The molecule has 1 rings (SSSR count). The average Bonchev–Trinajstić information content (AvgIpc) is 2.35. The number of carboxylic acid groups (broad SMARTS) is 1. The number of nitrogen functional groups attached to an aromatic ring is 1. The van der Waals surface area contributed by atoms with Crippen LogP contribution in [0.15, 0.2) is 6.20 Å². The van der Waals surface area contributed by atoms with Gasteiger partial charge in [0.2, 0.25) is 0 Å². The van der Waals surface area contributed by atoms with Gasteiger partial charge in [0.05, 0.1) is 0 Å². The summed E-state index contributed by atoms with van der Waals surface area (Å²) < 4.78 is 5.74. The van der Waals surface area contributed by atoms with Gasteiger partial charge >= 0.3 is 5.97 Å². The first-order chi connectivity index (χ1) is 8.50. The molecule has 1 aromatic heterocycles. The van der Waals surface area contributed by atoms with Gasteiger partial charge in [0.15, 0.2) is 5.82 Å². The minimum absolute atomic E-state index is 0.0292. The normalized spacial score (nSPS) is 11.5. The molecule has 0 aliphatic rings. The van der Waals surface area contributed by atoms with Gasteiger partial charge in [-0.3, -0.25) is 0 Å². The van der Waals surface area contributed by atoms with Crippen LogP contribution in [-0.4, -0.2) is 27.7 Å². The highest BCUT2D eigenvalue weighted by Gasteiger charge is 2.33. The van der Waals surface area contributed by atoms with Gasteiger partial charge in [-0.15, -0.1) is 0 Å². The molecule has 0 bridgehead atoms. The largest absolute Gasteiger partial charge is 0.477 e. The zero-order chi connectivity index (χ0) is 13.8. The second kappa shape index (κ2) is 5.77. The third-order valence-corrected chi connectivity index (χ3v) is 3.02. The molecule has 0 amide bonds. The van der Waals surface area contributed by atoms with E-state index in [0.29, 0.717) is 25.3 Å². The summed E-state index contributed by atoms with van der Waals surface area (Å²) in [6.07, 6.45) is 2.63. The molecular formula is C12H19N3O3. The van der Waals surface area contributed by atoms with Gasteiger partial charge in [0.25, 0.3) is 0 Å². The fraction of sp³-hybridized carbons (Fsp3) is 0.583. The zero-order valence-corrected chi connectivity index (χ0v) is 10.9. The van der Waals surface area contributed by atoms with E-state index in [4.69, 9.17) is 15.6 Å². The number of aromatic nitrogens is 2. The lowest BCUT2D eigenvalue weighted by Crippen LogP contribution is -2.31. The smallest absolute Gasteiger partial charge is 0.341 e. The van der Waals surface area contributed by atoms with Crippen LogP contribution < -0.4 is 5.73 Å². The number of carbonyl (C=O) groups is 1. The first kappa shape index (κ1) is 14.4. The number of hydrogen-bond acceptors (Lipinski definition) is 5. The Bertz CT molecular complexity index is 431. The molecule has 0 spiro atoms. The standard InChI is InChI=1S/C12H19N3O3/c1-4-12(5-2,18-6-3)11-14-7-8(10(16)17)9(13)15-11/h7H,4-6H2,1-3H3,(H,16,17)(H2,13,14,15). The predicted octanol–water partition coefficient (Wildman–Crippen LogP) is 1.81. The highest BCUT2D eigenvalue weighted by Crippen LogP contribution is 2.31. The van der Waals surface area contributed by atoms with Crippen molar-refractivity contribution in [2.75, 3.05) is 12.3 Å². The Morgan fingerprint density at radius 3 is 2.44 bits per heavy atom. The van der Waals surface area contributed by atoms with E-state index in [1.807, 2.05) is 20.8 Å². The third kappa shape index (κ3) is 2.59. The van der Waals surface area contributed by atoms with Crippen LogP contribution in [0.5, 0.6) is 0 Å². The Labute approximate surface area is 106 Å². The summed E-state index contributed by atoms with van der Waals surface area (Å²) in [7, 11) is 0. The molecule has 0 atom stereocenters. The average molecular weight is 253 g/mol. The van der Waals surface area contributed by atoms with Crippen LogP contribution in [0.1, 0.15) is 49.8 Å². The van der Waals surface area contributed by atoms with Crippen molar-refractivity contribution in [1.82, 2.24) is 9.97 Å². The molecule has 0 aliphatic heterocycles. The van der Waals surface area contributed by atoms with Crippen LogP contribution in [0.25, 0.3) is 0 Å². The fourth-order valence-corrected chi connectivity index (χ4v) is 1.89. The minimum Gasteiger partial charge on any atom is -0.477 e. The van der Waals surface area contributed by atoms with E-state index in [1.54, 1.807) is 0 Å². The van der Waals surface area contributed by atoms with Crippen molar-refractivity contribution in [3.8, 4) is 0 Å². The Hall–Kier alpha value is -1.69. The molecule has 18 heavy (non-hydrogen) atoms. The monoisotopic (exact) mass is 253 g/mol. The number of hydrogen-bond donors (Lipinski definition) is 2. The molecule has 0 unspecified atom stereocenters. The van der Waals surface area contributed by atoms with E-state index in [1.165, 1.54) is 6.20 Å². The maximum atomic E-state index is 10.9. The molecule has 6 heteroatoms. The van der Waals surface area contributed by atoms with Crippen LogP contribution in [0, 0.1) is 0 Å². The summed E-state index contributed by atoms with van der Waals surface area (Å²) in [4.78, 5) is 19.0. The number of nitrogens with zero attached hydrogens (tertiary/aromatic N) is 2. The summed E-state index contributed by atoms with van der Waals surface area (Å²) in [6.45, 7) is 6.38. The van der Waals surface area contributed by atoms with Crippen molar-refractivity contribution in [1.29, 1.82) is 0 Å². The highest BCUT2D eigenvalue weighted by molar-refractivity contribution is 5.92. The second-order valence-electron chi connectivity index (χ2n) is 3.93. The number of carboxylic acids is 1. The molecule has 0 aromatic carbocycles. The Balaban J connectivity index is 3.22. The van der Waals surface area contributed by atoms with Crippen molar-refractivity contribution in [3.63, 3.8) is 0 Å². The molecule has 6 nitrogen and oxygen atoms in total. The lowest BCUT2D eigenvalue weighted by atomic mass is 9.95. The van der Waals surface area contributed by atoms with E-state index in [9.17, 15) is 4.79 Å². The first-order valence-electron chi connectivity index (χ1n) is 6.01. The number of aromatic carboxylic acids is 1.